The number of aromatic nitrogens is 2. The van der Waals surface area contributed by atoms with E-state index in [-0.39, 0.29) is 22.3 Å². The van der Waals surface area contributed by atoms with Crippen molar-refractivity contribution in [2.24, 2.45) is 0 Å². The van der Waals surface area contributed by atoms with Crippen molar-refractivity contribution in [2.75, 3.05) is 17.1 Å². The maximum Gasteiger partial charge on any atom is 0.241 e. The molecule has 0 aliphatic rings. The van der Waals surface area contributed by atoms with Gasteiger partial charge in [-0.1, -0.05) is 41.4 Å². The molecule has 7 nitrogen and oxygen atoms in total. The monoisotopic (exact) mass is 452 g/mol. The first-order chi connectivity index (χ1) is 13.8. The quantitative estimate of drug-likeness (QED) is 0.595. The summed E-state index contributed by atoms with van der Waals surface area (Å²) in [6, 6.07) is 12.2. The van der Waals surface area contributed by atoms with Crippen LogP contribution in [0, 0.1) is 0 Å². The maximum absolute atomic E-state index is 12.4. The van der Waals surface area contributed by atoms with Crippen molar-refractivity contribution >= 4 is 44.8 Å². The highest BCUT2D eigenvalue weighted by molar-refractivity contribution is 7.92. The topological polar surface area (TPSA) is 84.3 Å². The lowest BCUT2D eigenvalue weighted by atomic mass is 10.2. The minimum Gasteiger partial charge on any atom is -0.350 e. The van der Waals surface area contributed by atoms with Gasteiger partial charge in [0, 0.05) is 24.6 Å². The van der Waals surface area contributed by atoms with Crippen LogP contribution >= 0.6 is 23.2 Å². The molecule has 29 heavy (non-hydrogen) atoms. The van der Waals surface area contributed by atoms with E-state index >= 15 is 0 Å². The van der Waals surface area contributed by atoms with E-state index in [2.05, 4.69) is 10.3 Å². The number of nitrogens with zero attached hydrogens (tertiary/aromatic N) is 3. The van der Waals surface area contributed by atoms with E-state index in [9.17, 15) is 13.2 Å². The Bertz CT molecular complexity index is 1100. The molecule has 0 radical (unpaired) electrons. The third-order valence-electron chi connectivity index (χ3n) is 4.12. The molecule has 0 atom stereocenters. The minimum absolute atomic E-state index is 0.0717. The number of hydrogen-bond acceptors (Lipinski definition) is 4. The first-order valence-electron chi connectivity index (χ1n) is 8.51. The number of sulfonamides is 1. The lowest BCUT2D eigenvalue weighted by Crippen LogP contribution is -2.40. The fraction of sp³-hybridized carbons (Fsp3) is 0.158. The number of hydrogen-bond donors (Lipinski definition) is 1. The van der Waals surface area contributed by atoms with Gasteiger partial charge in [0.25, 0.3) is 0 Å². The molecule has 0 unspecified atom stereocenters. The summed E-state index contributed by atoms with van der Waals surface area (Å²) in [5.74, 6) is -0.467. The second kappa shape index (κ2) is 8.86. The molecule has 0 aliphatic heterocycles. The molecule has 1 amide bonds. The van der Waals surface area contributed by atoms with Gasteiger partial charge in [-0.15, -0.1) is 0 Å². The summed E-state index contributed by atoms with van der Waals surface area (Å²) in [5, 5.41) is 3.00. The molecule has 152 valence electrons. The van der Waals surface area contributed by atoms with Crippen LogP contribution in [-0.4, -0.2) is 36.7 Å². The average molecular weight is 453 g/mol. The average Bonchev–Trinajstić information content (AvgIpc) is 3.21. The predicted molar refractivity (Wildman–Crippen MR) is 114 cm³/mol. The van der Waals surface area contributed by atoms with Gasteiger partial charge in [0.15, 0.2) is 0 Å². The van der Waals surface area contributed by atoms with Crippen LogP contribution in [0.2, 0.25) is 10.0 Å². The number of carbonyl (C=O) groups is 1. The minimum atomic E-state index is -3.75. The number of anilines is 1. The first-order valence-corrected chi connectivity index (χ1v) is 11.1. The van der Waals surface area contributed by atoms with Crippen LogP contribution in [0.5, 0.6) is 0 Å². The van der Waals surface area contributed by atoms with Crippen LogP contribution in [0.1, 0.15) is 5.56 Å². The zero-order valence-electron chi connectivity index (χ0n) is 15.4. The van der Waals surface area contributed by atoms with Gasteiger partial charge in [0.05, 0.1) is 28.3 Å². The standard InChI is InChI=1S/C19H18Cl2N4O3S/c1-29(27,28)25(17-4-2-3-16(20)19(17)21)12-18(26)23-11-14-5-7-15(8-6-14)24-10-9-22-13-24/h2-10,13H,11-12H2,1H3,(H,23,26). The lowest BCUT2D eigenvalue weighted by molar-refractivity contribution is -0.119. The number of rotatable bonds is 7. The third kappa shape index (κ3) is 5.29. The van der Waals surface area contributed by atoms with Crippen LogP contribution in [-0.2, 0) is 21.4 Å². The number of nitrogens with one attached hydrogen (secondary N) is 1. The predicted octanol–water partition coefficient (Wildman–Crippen LogP) is 3.26. The van der Waals surface area contributed by atoms with Crippen LogP contribution < -0.4 is 9.62 Å². The molecule has 0 bridgehead atoms. The molecule has 2 aromatic carbocycles. The SMILES string of the molecule is CS(=O)(=O)N(CC(=O)NCc1ccc(-n2ccnc2)cc1)c1cccc(Cl)c1Cl. The molecular weight excluding hydrogens is 435 g/mol. The number of benzene rings is 2. The van der Waals surface area contributed by atoms with E-state index in [1.807, 2.05) is 35.0 Å². The van der Waals surface area contributed by atoms with E-state index < -0.39 is 22.5 Å². The maximum atomic E-state index is 12.4. The van der Waals surface area contributed by atoms with E-state index in [1.54, 1.807) is 24.7 Å². The Kier molecular flexibility index (Phi) is 6.46. The fourth-order valence-corrected chi connectivity index (χ4v) is 3.96. The summed E-state index contributed by atoms with van der Waals surface area (Å²) in [6.07, 6.45) is 6.22. The van der Waals surface area contributed by atoms with Gasteiger partial charge in [0.2, 0.25) is 15.9 Å². The Labute approximate surface area is 178 Å². The summed E-state index contributed by atoms with van der Waals surface area (Å²) in [7, 11) is -3.75. The molecule has 0 saturated carbocycles. The van der Waals surface area contributed by atoms with Gasteiger partial charge >= 0.3 is 0 Å². The molecule has 3 rings (SSSR count). The second-order valence-electron chi connectivity index (χ2n) is 6.26. The highest BCUT2D eigenvalue weighted by Gasteiger charge is 2.23. The van der Waals surface area contributed by atoms with Crippen molar-refractivity contribution in [3.8, 4) is 5.69 Å². The van der Waals surface area contributed by atoms with Crippen LogP contribution in [0.4, 0.5) is 5.69 Å². The molecule has 1 heterocycles. The van der Waals surface area contributed by atoms with Gasteiger partial charge in [-0.25, -0.2) is 13.4 Å². The largest absolute Gasteiger partial charge is 0.350 e. The molecule has 10 heteroatoms. The van der Waals surface area contributed by atoms with Crippen LogP contribution in [0.25, 0.3) is 5.69 Å². The molecule has 1 N–H and O–H groups in total. The van der Waals surface area contributed by atoms with Crippen molar-refractivity contribution < 1.29 is 13.2 Å². The Hall–Kier alpha value is -2.55. The zero-order chi connectivity index (χ0) is 21.0. The van der Waals surface area contributed by atoms with Gasteiger partial charge < -0.3 is 9.88 Å². The number of halogens is 2. The van der Waals surface area contributed by atoms with Crippen molar-refractivity contribution in [3.63, 3.8) is 0 Å². The summed E-state index contributed by atoms with van der Waals surface area (Å²) < 4.78 is 27.2. The normalized spacial score (nSPS) is 11.3. The van der Waals surface area contributed by atoms with Gasteiger partial charge in [-0.05, 0) is 29.8 Å². The summed E-state index contributed by atoms with van der Waals surface area (Å²) in [4.78, 5) is 16.4. The Morgan fingerprint density at radius 2 is 1.90 bits per heavy atom. The summed E-state index contributed by atoms with van der Waals surface area (Å²) in [5.41, 5.74) is 1.96. The Morgan fingerprint density at radius 3 is 2.52 bits per heavy atom. The zero-order valence-corrected chi connectivity index (χ0v) is 17.7. The summed E-state index contributed by atoms with van der Waals surface area (Å²) >= 11 is 12.1. The molecule has 1 aromatic heterocycles. The Morgan fingerprint density at radius 1 is 1.17 bits per heavy atom. The van der Waals surface area contributed by atoms with Crippen molar-refractivity contribution in [1.29, 1.82) is 0 Å². The van der Waals surface area contributed by atoms with E-state index in [0.717, 1.165) is 21.8 Å². The van der Waals surface area contributed by atoms with Crippen molar-refractivity contribution in [3.05, 3.63) is 76.8 Å². The van der Waals surface area contributed by atoms with Gasteiger partial charge in [0.1, 0.15) is 6.54 Å². The second-order valence-corrected chi connectivity index (χ2v) is 8.95. The fourth-order valence-electron chi connectivity index (χ4n) is 2.65. The molecular formula is C19H18Cl2N4O3S. The number of imidazole rings is 1. The van der Waals surface area contributed by atoms with Crippen molar-refractivity contribution in [1.82, 2.24) is 14.9 Å². The highest BCUT2D eigenvalue weighted by Crippen LogP contribution is 2.33. The molecule has 0 saturated heterocycles. The summed E-state index contributed by atoms with van der Waals surface area (Å²) in [6.45, 7) is -0.157. The Balaban J connectivity index is 1.67. The molecule has 0 spiro atoms. The van der Waals surface area contributed by atoms with E-state index in [1.165, 1.54) is 6.07 Å². The van der Waals surface area contributed by atoms with Crippen LogP contribution in [0.3, 0.4) is 0 Å². The lowest BCUT2D eigenvalue weighted by Gasteiger charge is -2.23. The smallest absolute Gasteiger partial charge is 0.241 e. The third-order valence-corrected chi connectivity index (χ3v) is 6.05. The van der Waals surface area contributed by atoms with E-state index in [4.69, 9.17) is 23.2 Å². The first kappa shape index (κ1) is 21.2. The number of amides is 1. The van der Waals surface area contributed by atoms with Crippen molar-refractivity contribution in [2.45, 2.75) is 6.54 Å². The van der Waals surface area contributed by atoms with Gasteiger partial charge in [-0.2, -0.15) is 0 Å². The molecule has 0 fully saturated rings. The molecule has 3 aromatic rings. The molecule has 0 aliphatic carbocycles. The van der Waals surface area contributed by atoms with Crippen LogP contribution in [0.15, 0.2) is 61.2 Å². The number of carbonyl (C=O) groups excluding carboxylic acids is 1. The van der Waals surface area contributed by atoms with Gasteiger partial charge in [-0.3, -0.25) is 9.10 Å². The highest BCUT2D eigenvalue weighted by atomic mass is 35.5. The van der Waals surface area contributed by atoms with E-state index in [0.29, 0.717) is 0 Å².